The topological polar surface area (TPSA) is 83.1 Å². The Labute approximate surface area is 147 Å². The Morgan fingerprint density at radius 2 is 1.88 bits per heavy atom. The smallest absolute Gasteiger partial charge is 0.315 e. The van der Waals surface area contributed by atoms with E-state index in [1.165, 1.54) is 12.8 Å². The first kappa shape index (κ1) is 17.2. The number of carbonyl (C=O) groups is 2. The molecule has 25 heavy (non-hydrogen) atoms. The molecule has 3 rings (SSSR count). The van der Waals surface area contributed by atoms with E-state index >= 15 is 0 Å². The third-order valence-electron chi connectivity index (χ3n) is 4.54. The zero-order valence-electron chi connectivity index (χ0n) is 14.3. The Balaban J connectivity index is 1.39. The number of nitrogens with one attached hydrogen (secondary N) is 3. The molecule has 0 radical (unpaired) electrons. The highest BCUT2D eigenvalue weighted by Crippen LogP contribution is 2.17. The average molecular weight is 340 g/mol. The van der Waals surface area contributed by atoms with Crippen LogP contribution in [0.5, 0.6) is 0 Å². The molecule has 1 fully saturated rings. The second kappa shape index (κ2) is 8.46. The molecule has 0 atom stereocenters. The number of hydrogen-bond donors (Lipinski definition) is 3. The Bertz CT molecular complexity index is 736. The summed E-state index contributed by atoms with van der Waals surface area (Å²) in [5, 5.41) is 9.60. The van der Waals surface area contributed by atoms with E-state index in [1.54, 1.807) is 6.20 Å². The molecule has 0 unspecified atom stereocenters. The van der Waals surface area contributed by atoms with Gasteiger partial charge < -0.3 is 16.0 Å². The lowest BCUT2D eigenvalue weighted by Gasteiger charge is -2.12. The molecule has 1 aromatic carbocycles. The predicted octanol–water partition coefficient (Wildman–Crippen LogP) is 2.48. The van der Waals surface area contributed by atoms with E-state index < -0.39 is 0 Å². The molecule has 0 aliphatic heterocycles. The van der Waals surface area contributed by atoms with Gasteiger partial charge in [0.2, 0.25) is 5.91 Å². The maximum Gasteiger partial charge on any atom is 0.315 e. The maximum atomic E-state index is 11.9. The minimum atomic E-state index is -0.269. The number of urea groups is 1. The Morgan fingerprint density at radius 3 is 2.72 bits per heavy atom. The van der Waals surface area contributed by atoms with Crippen molar-refractivity contribution in [3.05, 3.63) is 42.1 Å². The van der Waals surface area contributed by atoms with Gasteiger partial charge in [0.1, 0.15) is 0 Å². The Hall–Kier alpha value is -2.63. The number of carbonyl (C=O) groups excluding carboxylic acids is 2. The largest absolute Gasteiger partial charge is 0.353 e. The first-order chi connectivity index (χ1) is 12.2. The van der Waals surface area contributed by atoms with E-state index in [0.717, 1.165) is 29.3 Å². The normalized spacial score (nSPS) is 14.4. The molecular weight excluding hydrogens is 316 g/mol. The number of fused-ring (bicyclic) bond motifs is 1. The van der Waals surface area contributed by atoms with Crippen LogP contribution in [0.4, 0.5) is 4.79 Å². The zero-order valence-corrected chi connectivity index (χ0v) is 14.3. The SMILES string of the molecule is O=C(CCNC(=O)NCc1ccnc2ccccc12)NC1CCCC1. The van der Waals surface area contributed by atoms with Crippen molar-refractivity contribution in [2.24, 2.45) is 0 Å². The van der Waals surface area contributed by atoms with Crippen molar-refractivity contribution < 1.29 is 9.59 Å². The summed E-state index contributed by atoms with van der Waals surface area (Å²) in [5.41, 5.74) is 1.92. The molecule has 1 saturated carbocycles. The van der Waals surface area contributed by atoms with E-state index in [2.05, 4.69) is 20.9 Å². The number of pyridine rings is 1. The number of rotatable bonds is 6. The number of para-hydroxylation sites is 1. The van der Waals surface area contributed by atoms with Crippen LogP contribution < -0.4 is 16.0 Å². The molecule has 6 heteroatoms. The van der Waals surface area contributed by atoms with Crippen LogP contribution >= 0.6 is 0 Å². The molecule has 3 amide bonds. The molecule has 0 bridgehead atoms. The standard InChI is InChI=1S/C19H24N4O2/c24-18(23-15-5-1-2-6-15)10-12-21-19(25)22-13-14-9-11-20-17-8-4-3-7-16(14)17/h3-4,7-9,11,15H,1-2,5-6,10,12-13H2,(H,23,24)(H2,21,22,25). The molecular formula is C19H24N4O2. The summed E-state index contributed by atoms with van der Waals surface area (Å²) in [6.45, 7) is 0.755. The van der Waals surface area contributed by atoms with Gasteiger partial charge in [-0.2, -0.15) is 0 Å². The molecule has 0 saturated heterocycles. The number of benzene rings is 1. The van der Waals surface area contributed by atoms with Crippen molar-refractivity contribution in [3.8, 4) is 0 Å². The van der Waals surface area contributed by atoms with E-state index in [9.17, 15) is 9.59 Å². The summed E-state index contributed by atoms with van der Waals surface area (Å²) in [6.07, 6.45) is 6.57. The number of aromatic nitrogens is 1. The van der Waals surface area contributed by atoms with Gasteiger partial charge in [-0.3, -0.25) is 9.78 Å². The quantitative estimate of drug-likeness (QED) is 0.755. The van der Waals surface area contributed by atoms with Crippen molar-refractivity contribution >= 4 is 22.8 Å². The molecule has 1 aliphatic rings. The van der Waals surface area contributed by atoms with E-state index in [1.807, 2.05) is 30.3 Å². The lowest BCUT2D eigenvalue weighted by molar-refractivity contribution is -0.121. The van der Waals surface area contributed by atoms with Gasteiger partial charge in [0.15, 0.2) is 0 Å². The molecule has 0 spiro atoms. The van der Waals surface area contributed by atoms with Gasteiger partial charge in [0, 0.05) is 37.1 Å². The second-order valence-corrected chi connectivity index (χ2v) is 6.40. The van der Waals surface area contributed by atoms with E-state index in [4.69, 9.17) is 0 Å². The van der Waals surface area contributed by atoms with Crippen LogP contribution in [-0.4, -0.2) is 29.5 Å². The summed E-state index contributed by atoms with van der Waals surface area (Å²) < 4.78 is 0. The van der Waals surface area contributed by atoms with Gasteiger partial charge in [0.05, 0.1) is 5.52 Å². The summed E-state index contributed by atoms with van der Waals surface area (Å²) in [7, 11) is 0. The van der Waals surface area contributed by atoms with Crippen LogP contribution in [-0.2, 0) is 11.3 Å². The summed E-state index contributed by atoms with van der Waals surface area (Å²) >= 11 is 0. The monoisotopic (exact) mass is 340 g/mol. The van der Waals surface area contributed by atoms with Crippen LogP contribution in [0.25, 0.3) is 10.9 Å². The Kier molecular flexibility index (Phi) is 5.82. The average Bonchev–Trinajstić information content (AvgIpc) is 3.13. The Morgan fingerprint density at radius 1 is 1.08 bits per heavy atom. The summed E-state index contributed by atoms with van der Waals surface area (Å²) in [4.78, 5) is 28.0. The first-order valence-electron chi connectivity index (χ1n) is 8.86. The molecule has 1 heterocycles. The highest BCUT2D eigenvalue weighted by atomic mass is 16.2. The molecule has 3 N–H and O–H groups in total. The van der Waals surface area contributed by atoms with Crippen molar-refractivity contribution in [1.82, 2.24) is 20.9 Å². The lowest BCUT2D eigenvalue weighted by Crippen LogP contribution is -2.39. The van der Waals surface area contributed by atoms with Gasteiger partial charge in [0.25, 0.3) is 0 Å². The highest BCUT2D eigenvalue weighted by molar-refractivity contribution is 5.82. The van der Waals surface area contributed by atoms with E-state index in [-0.39, 0.29) is 11.9 Å². The number of nitrogens with zero attached hydrogens (tertiary/aromatic N) is 1. The number of amides is 3. The summed E-state index contributed by atoms with van der Waals surface area (Å²) in [6, 6.07) is 9.78. The van der Waals surface area contributed by atoms with Gasteiger partial charge >= 0.3 is 6.03 Å². The van der Waals surface area contributed by atoms with Gasteiger partial charge in [-0.15, -0.1) is 0 Å². The van der Waals surface area contributed by atoms with Crippen LogP contribution in [0.15, 0.2) is 36.5 Å². The minimum absolute atomic E-state index is 0.00678. The van der Waals surface area contributed by atoms with Crippen LogP contribution in [0, 0.1) is 0 Å². The third kappa shape index (κ3) is 4.92. The second-order valence-electron chi connectivity index (χ2n) is 6.40. The van der Waals surface area contributed by atoms with Crippen molar-refractivity contribution in [2.45, 2.75) is 44.7 Å². The number of hydrogen-bond acceptors (Lipinski definition) is 3. The molecule has 6 nitrogen and oxygen atoms in total. The molecule has 1 aliphatic carbocycles. The molecule has 132 valence electrons. The highest BCUT2D eigenvalue weighted by Gasteiger charge is 2.16. The van der Waals surface area contributed by atoms with Gasteiger partial charge in [-0.25, -0.2) is 4.79 Å². The van der Waals surface area contributed by atoms with Crippen molar-refractivity contribution in [1.29, 1.82) is 0 Å². The van der Waals surface area contributed by atoms with Crippen molar-refractivity contribution in [3.63, 3.8) is 0 Å². The fourth-order valence-electron chi connectivity index (χ4n) is 3.21. The third-order valence-corrected chi connectivity index (χ3v) is 4.54. The first-order valence-corrected chi connectivity index (χ1v) is 8.86. The van der Waals surface area contributed by atoms with Crippen LogP contribution in [0.3, 0.4) is 0 Å². The van der Waals surface area contributed by atoms with Crippen molar-refractivity contribution in [2.75, 3.05) is 6.54 Å². The fourth-order valence-corrected chi connectivity index (χ4v) is 3.21. The predicted molar refractivity (Wildman–Crippen MR) is 97.0 cm³/mol. The van der Waals surface area contributed by atoms with Gasteiger partial charge in [-0.05, 0) is 30.5 Å². The van der Waals surface area contributed by atoms with E-state index in [0.29, 0.717) is 25.6 Å². The zero-order chi connectivity index (χ0) is 17.5. The lowest BCUT2D eigenvalue weighted by atomic mass is 10.1. The fraction of sp³-hybridized carbons (Fsp3) is 0.421. The van der Waals surface area contributed by atoms with Crippen LogP contribution in [0.1, 0.15) is 37.7 Å². The summed E-state index contributed by atoms with van der Waals surface area (Å²) in [5.74, 6) is 0.00678. The maximum absolute atomic E-state index is 11.9. The molecule has 1 aromatic heterocycles. The molecule has 2 aromatic rings. The minimum Gasteiger partial charge on any atom is -0.353 e. The van der Waals surface area contributed by atoms with Gasteiger partial charge in [-0.1, -0.05) is 31.0 Å². The van der Waals surface area contributed by atoms with Crippen LogP contribution in [0.2, 0.25) is 0 Å².